The number of halogens is 1. The van der Waals surface area contributed by atoms with E-state index >= 15 is 0 Å². The quantitative estimate of drug-likeness (QED) is 0.934. The summed E-state index contributed by atoms with van der Waals surface area (Å²) in [5.74, 6) is -0.332. The molecule has 0 spiro atoms. The van der Waals surface area contributed by atoms with Crippen LogP contribution < -0.4 is 10.9 Å². The maximum absolute atomic E-state index is 12.5. The fourth-order valence-corrected chi connectivity index (χ4v) is 2.86. The van der Waals surface area contributed by atoms with Gasteiger partial charge in [0.15, 0.2) is 0 Å². The molecule has 5 heteroatoms. The molecule has 0 unspecified atom stereocenters. The van der Waals surface area contributed by atoms with E-state index in [2.05, 4.69) is 5.32 Å². The van der Waals surface area contributed by atoms with Gasteiger partial charge in [0.2, 0.25) is 0 Å². The summed E-state index contributed by atoms with van der Waals surface area (Å²) in [6, 6.07) is 7.67. The second-order valence-electron chi connectivity index (χ2n) is 6.02. The van der Waals surface area contributed by atoms with E-state index in [1.807, 2.05) is 31.2 Å². The van der Waals surface area contributed by atoms with Crippen LogP contribution >= 0.6 is 11.6 Å². The highest BCUT2D eigenvalue weighted by atomic mass is 35.5. The normalized spacial score (nSPS) is 13.9. The van der Waals surface area contributed by atoms with Crippen molar-refractivity contribution in [1.29, 1.82) is 0 Å². The lowest BCUT2D eigenvalue weighted by Gasteiger charge is -2.12. The summed E-state index contributed by atoms with van der Waals surface area (Å²) in [6.07, 6.45) is 3.80. The molecule has 2 aromatic rings. The molecule has 23 heavy (non-hydrogen) atoms. The van der Waals surface area contributed by atoms with Crippen molar-refractivity contribution >= 4 is 17.5 Å². The Labute approximate surface area is 140 Å². The molecule has 1 amide bonds. The molecular formula is C18H19ClN2O2. The van der Waals surface area contributed by atoms with Gasteiger partial charge in [0.1, 0.15) is 5.56 Å². The summed E-state index contributed by atoms with van der Waals surface area (Å²) in [4.78, 5) is 25.0. The zero-order valence-corrected chi connectivity index (χ0v) is 14.0. The first-order valence-electron chi connectivity index (χ1n) is 7.73. The summed E-state index contributed by atoms with van der Waals surface area (Å²) < 4.78 is 1.67. The van der Waals surface area contributed by atoms with Crippen LogP contribution in [0.25, 0.3) is 0 Å². The Morgan fingerprint density at radius 2 is 2.04 bits per heavy atom. The minimum Gasteiger partial charge on any atom is -0.348 e. The van der Waals surface area contributed by atoms with Crippen LogP contribution in [-0.2, 0) is 6.54 Å². The highest BCUT2D eigenvalue weighted by Crippen LogP contribution is 2.33. The van der Waals surface area contributed by atoms with E-state index < -0.39 is 0 Å². The third-order valence-electron chi connectivity index (χ3n) is 4.31. The third-order valence-corrected chi connectivity index (χ3v) is 4.72. The number of rotatable bonds is 4. The first-order chi connectivity index (χ1) is 11.0. The molecule has 4 nitrogen and oxygen atoms in total. The Kier molecular flexibility index (Phi) is 4.26. The number of benzene rings is 1. The topological polar surface area (TPSA) is 51.1 Å². The molecule has 1 heterocycles. The Morgan fingerprint density at radius 1 is 1.30 bits per heavy atom. The Bertz CT molecular complexity index is 822. The molecule has 120 valence electrons. The Morgan fingerprint density at radius 3 is 2.74 bits per heavy atom. The fraction of sp³-hybridized carbons (Fsp3) is 0.333. The van der Waals surface area contributed by atoms with Gasteiger partial charge in [-0.15, -0.1) is 0 Å². The number of hydrogen-bond acceptors (Lipinski definition) is 2. The average molecular weight is 331 g/mol. The Hall–Kier alpha value is -2.07. The highest BCUT2D eigenvalue weighted by Gasteiger charge is 2.26. The summed E-state index contributed by atoms with van der Waals surface area (Å²) in [7, 11) is 0. The van der Waals surface area contributed by atoms with Gasteiger partial charge in [0.25, 0.3) is 11.5 Å². The monoisotopic (exact) mass is 330 g/mol. The summed E-state index contributed by atoms with van der Waals surface area (Å²) in [6.45, 7) is 4.05. The molecule has 1 aliphatic rings. The van der Waals surface area contributed by atoms with Crippen molar-refractivity contribution in [2.24, 2.45) is 0 Å². The van der Waals surface area contributed by atoms with Crippen molar-refractivity contribution in [3.05, 3.63) is 68.1 Å². The maximum Gasteiger partial charge on any atom is 0.263 e. The van der Waals surface area contributed by atoms with Crippen molar-refractivity contribution in [2.75, 3.05) is 0 Å². The van der Waals surface area contributed by atoms with Gasteiger partial charge in [-0.2, -0.15) is 0 Å². The van der Waals surface area contributed by atoms with Crippen molar-refractivity contribution in [3.63, 3.8) is 0 Å². The lowest BCUT2D eigenvalue weighted by atomic mass is 10.1. The second kappa shape index (κ2) is 6.20. The SMILES string of the molecule is Cc1ccn(C2CC2)c(=O)c1C(=O)NCc1cccc(Cl)c1C. The number of nitrogens with zero attached hydrogens (tertiary/aromatic N) is 1. The van der Waals surface area contributed by atoms with Crippen LogP contribution in [0.3, 0.4) is 0 Å². The molecule has 0 atom stereocenters. The molecule has 1 aromatic heterocycles. The van der Waals surface area contributed by atoms with E-state index in [1.54, 1.807) is 17.7 Å². The largest absolute Gasteiger partial charge is 0.348 e. The molecule has 0 aliphatic heterocycles. The number of nitrogens with one attached hydrogen (secondary N) is 1. The average Bonchev–Trinajstić information content (AvgIpc) is 3.33. The van der Waals surface area contributed by atoms with E-state index in [1.165, 1.54) is 0 Å². The van der Waals surface area contributed by atoms with E-state index in [4.69, 9.17) is 11.6 Å². The maximum atomic E-state index is 12.5. The minimum atomic E-state index is -0.332. The summed E-state index contributed by atoms with van der Waals surface area (Å²) in [5, 5.41) is 3.51. The fourth-order valence-electron chi connectivity index (χ4n) is 2.66. The molecule has 3 rings (SSSR count). The Balaban J connectivity index is 1.82. The smallest absolute Gasteiger partial charge is 0.263 e. The highest BCUT2D eigenvalue weighted by molar-refractivity contribution is 6.31. The van der Waals surface area contributed by atoms with Gasteiger partial charge in [-0.1, -0.05) is 23.7 Å². The first kappa shape index (κ1) is 15.8. The number of carbonyl (C=O) groups is 1. The van der Waals surface area contributed by atoms with Crippen LogP contribution in [0.5, 0.6) is 0 Å². The van der Waals surface area contributed by atoms with Gasteiger partial charge >= 0.3 is 0 Å². The first-order valence-corrected chi connectivity index (χ1v) is 8.10. The van der Waals surface area contributed by atoms with Gasteiger partial charge in [-0.05, 0) is 55.5 Å². The van der Waals surface area contributed by atoms with Crippen LogP contribution in [0, 0.1) is 13.8 Å². The van der Waals surface area contributed by atoms with Gasteiger partial charge in [0.05, 0.1) is 0 Å². The molecule has 0 saturated heterocycles. The van der Waals surface area contributed by atoms with Crippen LogP contribution in [0.4, 0.5) is 0 Å². The zero-order chi connectivity index (χ0) is 16.6. The number of pyridine rings is 1. The van der Waals surface area contributed by atoms with E-state index in [9.17, 15) is 9.59 Å². The molecule has 1 saturated carbocycles. The van der Waals surface area contributed by atoms with Crippen molar-refractivity contribution in [2.45, 2.75) is 39.3 Å². The standard InChI is InChI=1S/C18H19ClN2O2/c1-11-8-9-21(14-6-7-14)18(23)16(11)17(22)20-10-13-4-3-5-15(19)12(13)2/h3-5,8-9,14H,6-7,10H2,1-2H3,(H,20,22). The molecule has 1 aromatic carbocycles. The van der Waals surface area contributed by atoms with Crippen molar-refractivity contribution < 1.29 is 4.79 Å². The number of aryl methyl sites for hydroxylation is 1. The zero-order valence-electron chi connectivity index (χ0n) is 13.2. The molecule has 1 N–H and O–H groups in total. The van der Waals surface area contributed by atoms with E-state index in [-0.39, 0.29) is 23.1 Å². The number of carbonyl (C=O) groups excluding carboxylic acids is 1. The predicted molar refractivity (Wildman–Crippen MR) is 91.1 cm³/mol. The summed E-state index contributed by atoms with van der Waals surface area (Å²) in [5.41, 5.74) is 2.62. The predicted octanol–water partition coefficient (Wildman–Crippen LogP) is 3.38. The van der Waals surface area contributed by atoms with Crippen LogP contribution in [-0.4, -0.2) is 10.5 Å². The van der Waals surface area contributed by atoms with Crippen LogP contribution in [0.2, 0.25) is 5.02 Å². The van der Waals surface area contributed by atoms with E-state index in [0.29, 0.717) is 17.1 Å². The van der Waals surface area contributed by atoms with Crippen LogP contribution in [0.1, 0.15) is 45.9 Å². The number of aromatic nitrogens is 1. The molecule has 1 aliphatic carbocycles. The summed E-state index contributed by atoms with van der Waals surface area (Å²) >= 11 is 6.09. The van der Waals surface area contributed by atoms with Gasteiger partial charge < -0.3 is 9.88 Å². The van der Waals surface area contributed by atoms with Crippen molar-refractivity contribution in [1.82, 2.24) is 9.88 Å². The van der Waals surface area contributed by atoms with Gasteiger partial charge in [-0.25, -0.2) is 0 Å². The molecular weight excluding hydrogens is 312 g/mol. The van der Waals surface area contributed by atoms with Gasteiger partial charge in [-0.3, -0.25) is 9.59 Å². The minimum absolute atomic E-state index is 0.201. The lowest BCUT2D eigenvalue weighted by Crippen LogP contribution is -2.33. The molecule has 0 bridgehead atoms. The van der Waals surface area contributed by atoms with Crippen LogP contribution in [0.15, 0.2) is 35.3 Å². The lowest BCUT2D eigenvalue weighted by molar-refractivity contribution is 0.0948. The molecule has 0 radical (unpaired) electrons. The van der Waals surface area contributed by atoms with E-state index in [0.717, 1.165) is 24.0 Å². The van der Waals surface area contributed by atoms with Crippen molar-refractivity contribution in [3.8, 4) is 0 Å². The molecule has 1 fully saturated rings. The third kappa shape index (κ3) is 3.17. The van der Waals surface area contributed by atoms with Gasteiger partial charge in [0, 0.05) is 23.8 Å². The number of amides is 1. The number of hydrogen-bond donors (Lipinski definition) is 1. The second-order valence-corrected chi connectivity index (χ2v) is 6.43.